The lowest BCUT2D eigenvalue weighted by atomic mass is 10.0. The second kappa shape index (κ2) is 5.90. The predicted octanol–water partition coefficient (Wildman–Crippen LogP) is 0.454. The van der Waals surface area contributed by atoms with Crippen LogP contribution in [0.5, 0.6) is 0 Å². The third-order valence-electron chi connectivity index (χ3n) is 4.10. The van der Waals surface area contributed by atoms with Crippen molar-refractivity contribution in [3.63, 3.8) is 0 Å². The summed E-state index contributed by atoms with van der Waals surface area (Å²) in [6, 6.07) is -0.595. The number of hydrogen-bond donors (Lipinski definition) is 1. The predicted molar refractivity (Wildman–Crippen MR) is 73.6 cm³/mol. The van der Waals surface area contributed by atoms with Crippen LogP contribution in [0.2, 0.25) is 0 Å². The van der Waals surface area contributed by atoms with Gasteiger partial charge in [0, 0.05) is 19.6 Å². The lowest BCUT2D eigenvalue weighted by molar-refractivity contribution is -0.153. The first kappa shape index (κ1) is 14.3. The average molecular weight is 267 g/mol. The SMILES string of the molecule is CC[C@@H]1NC(=O)[C@H]2CN(CCC(C)C)CCN2C1=O. The van der Waals surface area contributed by atoms with E-state index in [-0.39, 0.29) is 23.9 Å². The Bertz CT molecular complexity index is 357. The van der Waals surface area contributed by atoms with E-state index >= 15 is 0 Å². The summed E-state index contributed by atoms with van der Waals surface area (Å²) in [5.74, 6) is 0.778. The van der Waals surface area contributed by atoms with Gasteiger partial charge in [-0.15, -0.1) is 0 Å². The molecule has 0 unspecified atom stereocenters. The molecule has 0 aromatic rings. The molecule has 5 nitrogen and oxygen atoms in total. The van der Waals surface area contributed by atoms with Crippen molar-refractivity contribution in [3.8, 4) is 0 Å². The molecule has 0 aliphatic carbocycles. The Morgan fingerprint density at radius 2 is 2.05 bits per heavy atom. The minimum Gasteiger partial charge on any atom is -0.342 e. The number of carbonyl (C=O) groups is 2. The second-order valence-corrected chi connectivity index (χ2v) is 6.00. The monoisotopic (exact) mass is 267 g/mol. The number of nitrogens with one attached hydrogen (secondary N) is 1. The maximum Gasteiger partial charge on any atom is 0.245 e. The smallest absolute Gasteiger partial charge is 0.245 e. The molecule has 0 saturated carbocycles. The molecule has 2 saturated heterocycles. The van der Waals surface area contributed by atoms with E-state index in [1.807, 2.05) is 6.92 Å². The van der Waals surface area contributed by atoms with E-state index in [1.165, 1.54) is 0 Å². The highest BCUT2D eigenvalue weighted by atomic mass is 16.2. The summed E-state index contributed by atoms with van der Waals surface area (Å²) in [6.45, 7) is 9.62. The van der Waals surface area contributed by atoms with Gasteiger partial charge in [0.25, 0.3) is 0 Å². The van der Waals surface area contributed by atoms with Crippen LogP contribution in [0.15, 0.2) is 0 Å². The summed E-state index contributed by atoms with van der Waals surface area (Å²) in [5.41, 5.74) is 0. The molecule has 2 aliphatic heterocycles. The number of carbonyl (C=O) groups excluding carboxylic acids is 2. The van der Waals surface area contributed by atoms with Crippen molar-refractivity contribution in [2.45, 2.75) is 45.7 Å². The molecule has 108 valence electrons. The van der Waals surface area contributed by atoms with E-state index in [9.17, 15) is 9.59 Å². The van der Waals surface area contributed by atoms with E-state index in [0.29, 0.717) is 25.4 Å². The van der Waals surface area contributed by atoms with E-state index in [4.69, 9.17) is 0 Å². The first-order valence-electron chi connectivity index (χ1n) is 7.36. The van der Waals surface area contributed by atoms with E-state index in [1.54, 1.807) is 4.90 Å². The van der Waals surface area contributed by atoms with Gasteiger partial charge in [-0.05, 0) is 25.3 Å². The Morgan fingerprint density at radius 1 is 1.32 bits per heavy atom. The average Bonchev–Trinajstić information content (AvgIpc) is 2.40. The Balaban J connectivity index is 1.97. The molecule has 2 amide bonds. The number of rotatable bonds is 4. The number of piperazine rings is 2. The Labute approximate surface area is 115 Å². The van der Waals surface area contributed by atoms with Crippen LogP contribution in [0.4, 0.5) is 0 Å². The van der Waals surface area contributed by atoms with Crippen LogP contribution in [-0.4, -0.2) is 59.9 Å². The van der Waals surface area contributed by atoms with Crippen molar-refractivity contribution >= 4 is 11.8 Å². The topological polar surface area (TPSA) is 52.7 Å². The Morgan fingerprint density at radius 3 is 2.68 bits per heavy atom. The fraction of sp³-hybridized carbons (Fsp3) is 0.857. The molecular formula is C14H25N3O2. The van der Waals surface area contributed by atoms with Crippen LogP contribution in [-0.2, 0) is 9.59 Å². The standard InChI is InChI=1S/C14H25N3O2/c1-4-11-14(19)17-8-7-16(6-5-10(2)3)9-12(17)13(18)15-11/h10-12H,4-9H2,1-3H3,(H,15,18)/t11-,12+/m0/s1. The van der Waals surface area contributed by atoms with Gasteiger partial charge in [-0.2, -0.15) is 0 Å². The molecule has 0 radical (unpaired) electrons. The number of nitrogens with zero attached hydrogens (tertiary/aromatic N) is 2. The number of hydrogen-bond acceptors (Lipinski definition) is 3. The van der Waals surface area contributed by atoms with Gasteiger partial charge in [0.2, 0.25) is 11.8 Å². The van der Waals surface area contributed by atoms with Crippen LogP contribution in [0.3, 0.4) is 0 Å². The van der Waals surface area contributed by atoms with Crippen molar-refractivity contribution in [2.24, 2.45) is 5.92 Å². The van der Waals surface area contributed by atoms with Gasteiger partial charge < -0.3 is 10.2 Å². The molecule has 0 aromatic carbocycles. The van der Waals surface area contributed by atoms with Gasteiger partial charge in [0.1, 0.15) is 12.1 Å². The Hall–Kier alpha value is -1.10. The van der Waals surface area contributed by atoms with Crippen LogP contribution in [0, 0.1) is 5.92 Å². The minimum absolute atomic E-state index is 0.0145. The highest BCUT2D eigenvalue weighted by Crippen LogP contribution is 2.18. The van der Waals surface area contributed by atoms with Crippen molar-refractivity contribution in [1.29, 1.82) is 0 Å². The van der Waals surface area contributed by atoms with E-state index < -0.39 is 0 Å². The third kappa shape index (κ3) is 3.08. The second-order valence-electron chi connectivity index (χ2n) is 6.00. The minimum atomic E-state index is -0.314. The summed E-state index contributed by atoms with van der Waals surface area (Å²) in [6.07, 6.45) is 1.81. The maximum atomic E-state index is 12.2. The zero-order valence-corrected chi connectivity index (χ0v) is 12.2. The molecule has 1 N–H and O–H groups in total. The van der Waals surface area contributed by atoms with Crippen molar-refractivity contribution in [3.05, 3.63) is 0 Å². The van der Waals surface area contributed by atoms with E-state index in [0.717, 1.165) is 19.5 Å². The number of fused-ring (bicyclic) bond motifs is 1. The zero-order valence-electron chi connectivity index (χ0n) is 12.2. The van der Waals surface area contributed by atoms with Crippen molar-refractivity contribution in [1.82, 2.24) is 15.1 Å². The zero-order chi connectivity index (χ0) is 14.0. The van der Waals surface area contributed by atoms with E-state index in [2.05, 4.69) is 24.1 Å². The third-order valence-corrected chi connectivity index (χ3v) is 4.10. The number of amides is 2. The molecule has 2 aliphatic rings. The van der Waals surface area contributed by atoms with Crippen LogP contribution in [0.1, 0.15) is 33.6 Å². The molecule has 2 heterocycles. The van der Waals surface area contributed by atoms with Gasteiger partial charge >= 0.3 is 0 Å². The highest BCUT2D eigenvalue weighted by molar-refractivity contribution is 5.97. The molecule has 0 bridgehead atoms. The van der Waals surface area contributed by atoms with Gasteiger partial charge in [-0.3, -0.25) is 14.5 Å². The Kier molecular flexibility index (Phi) is 4.45. The highest BCUT2D eigenvalue weighted by Gasteiger charge is 2.42. The molecule has 2 atom stereocenters. The molecule has 19 heavy (non-hydrogen) atoms. The molecular weight excluding hydrogens is 242 g/mol. The largest absolute Gasteiger partial charge is 0.342 e. The molecule has 2 fully saturated rings. The van der Waals surface area contributed by atoms with Crippen LogP contribution in [0.25, 0.3) is 0 Å². The fourth-order valence-corrected chi connectivity index (χ4v) is 2.78. The van der Waals surface area contributed by atoms with Gasteiger partial charge in [-0.25, -0.2) is 0 Å². The normalized spacial score (nSPS) is 28.5. The lowest BCUT2D eigenvalue weighted by Crippen LogP contribution is -2.69. The fourth-order valence-electron chi connectivity index (χ4n) is 2.78. The summed E-state index contributed by atoms with van der Waals surface area (Å²) < 4.78 is 0. The van der Waals surface area contributed by atoms with Crippen molar-refractivity contribution < 1.29 is 9.59 Å². The van der Waals surface area contributed by atoms with Gasteiger partial charge in [0.05, 0.1) is 0 Å². The molecule has 0 aromatic heterocycles. The maximum absolute atomic E-state index is 12.2. The summed E-state index contributed by atoms with van der Waals surface area (Å²) in [7, 11) is 0. The summed E-state index contributed by atoms with van der Waals surface area (Å²) in [5, 5.41) is 2.84. The van der Waals surface area contributed by atoms with Gasteiger partial charge in [0.15, 0.2) is 0 Å². The first-order chi connectivity index (χ1) is 9.02. The van der Waals surface area contributed by atoms with Crippen LogP contribution >= 0.6 is 0 Å². The molecule has 0 spiro atoms. The van der Waals surface area contributed by atoms with Gasteiger partial charge in [-0.1, -0.05) is 20.8 Å². The molecule has 5 heteroatoms. The summed E-state index contributed by atoms with van der Waals surface area (Å²) >= 11 is 0. The summed E-state index contributed by atoms with van der Waals surface area (Å²) in [4.78, 5) is 28.4. The lowest BCUT2D eigenvalue weighted by Gasteiger charge is -2.45. The quantitative estimate of drug-likeness (QED) is 0.805. The van der Waals surface area contributed by atoms with Crippen LogP contribution < -0.4 is 5.32 Å². The first-order valence-corrected chi connectivity index (χ1v) is 7.36. The molecule has 2 rings (SSSR count). The van der Waals surface area contributed by atoms with Crippen molar-refractivity contribution in [2.75, 3.05) is 26.2 Å².